The van der Waals surface area contributed by atoms with Crippen LogP contribution >= 0.6 is 11.3 Å². The Labute approximate surface area is 159 Å². The Kier molecular flexibility index (Phi) is 4.53. The molecule has 6 nitrogen and oxygen atoms in total. The number of benzene rings is 1. The average molecular weight is 379 g/mol. The van der Waals surface area contributed by atoms with Gasteiger partial charge in [-0.15, -0.1) is 11.3 Å². The summed E-state index contributed by atoms with van der Waals surface area (Å²) in [5.74, 6) is -0.290. The zero-order chi connectivity index (χ0) is 19.0. The second-order valence-corrected chi connectivity index (χ2v) is 7.53. The Bertz CT molecular complexity index is 1070. The number of nitroso groups, excluding NO2 is 1. The van der Waals surface area contributed by atoms with Crippen molar-refractivity contribution in [1.82, 2.24) is 4.98 Å². The fourth-order valence-electron chi connectivity index (χ4n) is 3.47. The molecule has 1 aliphatic rings. The van der Waals surface area contributed by atoms with Crippen LogP contribution < -0.4 is 5.32 Å². The van der Waals surface area contributed by atoms with Gasteiger partial charge in [-0.05, 0) is 36.1 Å². The second kappa shape index (κ2) is 7.00. The lowest BCUT2D eigenvalue weighted by Crippen LogP contribution is -2.12. The van der Waals surface area contributed by atoms with E-state index in [4.69, 9.17) is 0 Å². The zero-order valence-electron chi connectivity index (χ0n) is 14.7. The molecule has 2 heterocycles. The monoisotopic (exact) mass is 379 g/mol. The van der Waals surface area contributed by atoms with E-state index in [9.17, 15) is 14.5 Å². The summed E-state index contributed by atoms with van der Waals surface area (Å²) in [5.41, 5.74) is 2.93. The van der Waals surface area contributed by atoms with Crippen molar-refractivity contribution in [3.63, 3.8) is 0 Å². The van der Waals surface area contributed by atoms with Gasteiger partial charge in [-0.25, -0.2) is 0 Å². The minimum absolute atomic E-state index is 0.141. The molecule has 3 aromatic rings. The van der Waals surface area contributed by atoms with Gasteiger partial charge in [0.25, 0.3) is 0 Å². The average Bonchev–Trinajstić information content (AvgIpc) is 3.27. The second-order valence-electron chi connectivity index (χ2n) is 6.48. The Morgan fingerprint density at radius 2 is 2.19 bits per heavy atom. The minimum Gasteiger partial charge on any atom is -0.317 e. The number of rotatable bonds is 5. The zero-order valence-corrected chi connectivity index (χ0v) is 15.5. The smallest absolute Gasteiger partial charge is 0.224 e. The number of carbonyl (C=O) groups excluding carboxylic acids is 2. The van der Waals surface area contributed by atoms with Gasteiger partial charge >= 0.3 is 0 Å². The van der Waals surface area contributed by atoms with Crippen molar-refractivity contribution >= 4 is 38.1 Å². The highest BCUT2D eigenvalue weighted by molar-refractivity contribution is 7.23. The van der Waals surface area contributed by atoms with Crippen LogP contribution in [0.25, 0.3) is 10.1 Å². The molecule has 4 rings (SSSR count). The van der Waals surface area contributed by atoms with E-state index in [-0.39, 0.29) is 17.7 Å². The molecule has 0 spiro atoms. The molecule has 0 saturated heterocycles. The predicted octanol–water partition coefficient (Wildman–Crippen LogP) is 4.63. The van der Waals surface area contributed by atoms with Gasteiger partial charge in [0.1, 0.15) is 11.0 Å². The topological polar surface area (TPSA) is 88.5 Å². The van der Waals surface area contributed by atoms with E-state index in [0.717, 1.165) is 27.6 Å². The maximum absolute atomic E-state index is 13.3. The quantitative estimate of drug-likeness (QED) is 0.517. The molecule has 0 saturated carbocycles. The summed E-state index contributed by atoms with van der Waals surface area (Å²) in [7, 11) is 0. The van der Waals surface area contributed by atoms with Crippen molar-refractivity contribution in [2.75, 3.05) is 5.32 Å². The van der Waals surface area contributed by atoms with Crippen LogP contribution in [0.2, 0.25) is 0 Å². The minimum atomic E-state index is -0.323. The lowest BCUT2D eigenvalue weighted by molar-refractivity contribution is -0.115. The molecule has 1 amide bonds. The van der Waals surface area contributed by atoms with Gasteiger partial charge in [0.15, 0.2) is 5.78 Å². The summed E-state index contributed by atoms with van der Waals surface area (Å²) in [6, 6.07) is 6.87. The van der Waals surface area contributed by atoms with E-state index in [2.05, 4.69) is 15.5 Å². The predicted molar refractivity (Wildman–Crippen MR) is 105 cm³/mol. The van der Waals surface area contributed by atoms with Crippen LogP contribution in [0.3, 0.4) is 0 Å². The fourth-order valence-corrected chi connectivity index (χ4v) is 4.55. The van der Waals surface area contributed by atoms with Crippen LogP contribution in [-0.2, 0) is 11.2 Å². The number of aryl methyl sites for hydroxylation is 1. The van der Waals surface area contributed by atoms with Crippen molar-refractivity contribution in [3.05, 3.63) is 63.8 Å². The van der Waals surface area contributed by atoms with E-state index in [1.54, 1.807) is 31.5 Å². The van der Waals surface area contributed by atoms with Crippen LogP contribution in [-0.4, -0.2) is 16.7 Å². The van der Waals surface area contributed by atoms with Crippen LogP contribution in [0.1, 0.15) is 52.9 Å². The third-order valence-electron chi connectivity index (χ3n) is 4.87. The van der Waals surface area contributed by atoms with Crippen LogP contribution in [0.15, 0.2) is 41.8 Å². The number of hydrogen-bond acceptors (Lipinski definition) is 6. The Hall–Kier alpha value is -2.93. The first-order valence-corrected chi connectivity index (χ1v) is 9.60. The first kappa shape index (κ1) is 17.5. The number of hydrogen-bond donors (Lipinski definition) is 1. The molecule has 136 valence electrons. The van der Waals surface area contributed by atoms with Gasteiger partial charge in [-0.3, -0.25) is 14.6 Å². The number of thiophene rings is 1. The number of aromatic nitrogens is 1. The molecule has 1 unspecified atom stereocenters. The molecule has 0 radical (unpaired) electrons. The lowest BCUT2D eigenvalue weighted by atomic mass is 9.98. The maximum atomic E-state index is 13.3. The van der Waals surface area contributed by atoms with Crippen molar-refractivity contribution < 1.29 is 9.59 Å². The highest BCUT2D eigenvalue weighted by Crippen LogP contribution is 2.38. The number of ketones is 1. The molecular formula is C20H17N3O3S. The standard InChI is InChI=1S/C20H17N3O3S/c1-2-17(24)22-20-18(14-7-8-21-10-16(14)27-20)19(25)12-3-5-13-11(9-12)4-6-15(13)23-26/h3,5,7-10,15H,2,4,6H2,1H3,(H,22,24). The van der Waals surface area contributed by atoms with E-state index >= 15 is 0 Å². The molecule has 1 aromatic carbocycles. The molecule has 2 aromatic heterocycles. The molecule has 7 heteroatoms. The number of pyridine rings is 1. The van der Waals surface area contributed by atoms with Crippen molar-refractivity contribution in [2.24, 2.45) is 5.18 Å². The summed E-state index contributed by atoms with van der Waals surface area (Å²) in [6.45, 7) is 1.77. The first-order valence-electron chi connectivity index (χ1n) is 8.78. The van der Waals surface area contributed by atoms with E-state index < -0.39 is 0 Å². The van der Waals surface area contributed by atoms with Crippen molar-refractivity contribution in [2.45, 2.75) is 32.2 Å². The van der Waals surface area contributed by atoms with Crippen molar-refractivity contribution in [3.8, 4) is 0 Å². The summed E-state index contributed by atoms with van der Waals surface area (Å²) in [5, 5.41) is 7.33. The molecule has 1 aliphatic carbocycles. The number of nitrogens with one attached hydrogen (secondary N) is 1. The van der Waals surface area contributed by atoms with E-state index in [1.165, 1.54) is 11.3 Å². The number of carbonyl (C=O) groups is 2. The molecule has 1 atom stereocenters. The number of anilines is 1. The van der Waals surface area contributed by atoms with Gasteiger partial charge in [0, 0.05) is 29.8 Å². The summed E-state index contributed by atoms with van der Waals surface area (Å²) >= 11 is 1.35. The first-order chi connectivity index (χ1) is 13.1. The third-order valence-corrected chi connectivity index (χ3v) is 5.93. The van der Waals surface area contributed by atoms with Gasteiger partial charge in [0.2, 0.25) is 5.91 Å². The Balaban J connectivity index is 1.80. The van der Waals surface area contributed by atoms with Gasteiger partial charge < -0.3 is 5.32 Å². The van der Waals surface area contributed by atoms with E-state index in [1.807, 2.05) is 12.1 Å². The van der Waals surface area contributed by atoms with Gasteiger partial charge in [0.05, 0.1) is 10.3 Å². The van der Waals surface area contributed by atoms with E-state index in [0.29, 0.717) is 29.0 Å². The molecule has 0 aliphatic heterocycles. The Morgan fingerprint density at radius 1 is 1.33 bits per heavy atom. The molecule has 27 heavy (non-hydrogen) atoms. The maximum Gasteiger partial charge on any atom is 0.224 e. The fraction of sp³-hybridized carbons (Fsp3) is 0.250. The highest BCUT2D eigenvalue weighted by atomic mass is 32.1. The summed E-state index contributed by atoms with van der Waals surface area (Å²) in [4.78, 5) is 40.3. The molecule has 0 fully saturated rings. The van der Waals surface area contributed by atoms with Gasteiger partial charge in [-0.2, -0.15) is 4.91 Å². The number of amides is 1. The SMILES string of the molecule is CCC(=O)Nc1sc2cnccc2c1C(=O)c1ccc2c(c1)CCC2N=O. The summed E-state index contributed by atoms with van der Waals surface area (Å²) < 4.78 is 0.846. The molecule has 1 N–H and O–H groups in total. The van der Waals surface area contributed by atoms with Gasteiger partial charge in [-0.1, -0.05) is 24.2 Å². The third kappa shape index (κ3) is 3.04. The lowest BCUT2D eigenvalue weighted by Gasteiger charge is -2.08. The largest absolute Gasteiger partial charge is 0.317 e. The molecular weight excluding hydrogens is 362 g/mol. The Morgan fingerprint density at radius 3 is 2.96 bits per heavy atom. The van der Waals surface area contributed by atoms with Crippen molar-refractivity contribution in [1.29, 1.82) is 0 Å². The van der Waals surface area contributed by atoms with Crippen LogP contribution in [0, 0.1) is 4.91 Å². The normalized spacial score (nSPS) is 15.5. The number of nitrogens with zero attached hydrogens (tertiary/aromatic N) is 2. The summed E-state index contributed by atoms with van der Waals surface area (Å²) in [6.07, 6.45) is 5.09. The number of fused-ring (bicyclic) bond motifs is 2. The highest BCUT2D eigenvalue weighted by Gasteiger charge is 2.26. The van der Waals surface area contributed by atoms with Crippen LogP contribution in [0.4, 0.5) is 5.00 Å². The molecule has 0 bridgehead atoms. The van der Waals surface area contributed by atoms with Crippen LogP contribution in [0.5, 0.6) is 0 Å².